The molecule has 0 aromatic carbocycles. The summed E-state index contributed by atoms with van der Waals surface area (Å²) in [5.74, 6) is 1.17. The van der Waals surface area contributed by atoms with Gasteiger partial charge in [-0.3, -0.25) is 4.68 Å². The molecule has 0 fully saturated rings. The average Bonchev–Trinajstić information content (AvgIpc) is 2.84. The van der Waals surface area contributed by atoms with E-state index in [9.17, 15) is 0 Å². The fraction of sp³-hybridized carbons (Fsp3) is 0.500. The number of hydrogen-bond donors (Lipinski definition) is 1. The Morgan fingerprint density at radius 3 is 2.63 bits per heavy atom. The minimum Gasteiger partial charge on any atom is -0.363 e. The molecule has 0 spiro atoms. The van der Waals surface area contributed by atoms with Crippen molar-refractivity contribution in [2.45, 2.75) is 26.9 Å². The second-order valence-corrected chi connectivity index (χ2v) is 6.04. The molecule has 2 heterocycles. The van der Waals surface area contributed by atoms with Gasteiger partial charge >= 0.3 is 0 Å². The fourth-order valence-electron chi connectivity index (χ4n) is 2.34. The number of rotatable bonds is 5. The van der Waals surface area contributed by atoms with Crippen LogP contribution in [0.5, 0.6) is 0 Å². The van der Waals surface area contributed by atoms with Gasteiger partial charge in [-0.2, -0.15) is 5.10 Å². The number of aromatic nitrogens is 2. The normalized spacial score (nSPS) is 11.0. The molecule has 0 radical (unpaired) electrons. The highest BCUT2D eigenvalue weighted by atomic mass is 32.1. The third-order valence-corrected chi connectivity index (χ3v) is 4.32. The van der Waals surface area contributed by atoms with E-state index in [-0.39, 0.29) is 0 Å². The van der Waals surface area contributed by atoms with Crippen LogP contribution in [0.25, 0.3) is 0 Å². The lowest BCUT2D eigenvalue weighted by atomic mass is 10.2. The van der Waals surface area contributed by atoms with Gasteiger partial charge < -0.3 is 10.2 Å². The van der Waals surface area contributed by atoms with Crippen molar-refractivity contribution < 1.29 is 0 Å². The number of thiophene rings is 1. The zero-order valence-corrected chi connectivity index (χ0v) is 13.1. The van der Waals surface area contributed by atoms with Gasteiger partial charge in [0.25, 0.3) is 0 Å². The van der Waals surface area contributed by atoms with Gasteiger partial charge in [-0.25, -0.2) is 0 Å². The summed E-state index contributed by atoms with van der Waals surface area (Å²) in [5.41, 5.74) is 3.75. The van der Waals surface area contributed by atoms with E-state index < -0.39 is 0 Å². The van der Waals surface area contributed by atoms with Gasteiger partial charge in [0.1, 0.15) is 5.82 Å². The van der Waals surface area contributed by atoms with E-state index in [0.29, 0.717) is 0 Å². The summed E-state index contributed by atoms with van der Waals surface area (Å²) in [6, 6.07) is 2.17. The largest absolute Gasteiger partial charge is 0.363 e. The number of aryl methyl sites for hydroxylation is 3. The van der Waals surface area contributed by atoms with Gasteiger partial charge in [0.05, 0.1) is 5.69 Å². The summed E-state index contributed by atoms with van der Waals surface area (Å²) in [4.78, 5) is 3.53. The van der Waals surface area contributed by atoms with E-state index in [2.05, 4.69) is 54.7 Å². The summed E-state index contributed by atoms with van der Waals surface area (Å²) in [5, 5.41) is 10.2. The number of nitrogens with zero attached hydrogens (tertiary/aromatic N) is 3. The van der Waals surface area contributed by atoms with Crippen LogP contribution in [0.1, 0.15) is 21.7 Å². The summed E-state index contributed by atoms with van der Waals surface area (Å²) in [6.07, 6.45) is 0. The smallest absolute Gasteiger partial charge is 0.130 e. The van der Waals surface area contributed by atoms with E-state index in [1.165, 1.54) is 21.8 Å². The highest BCUT2D eigenvalue weighted by molar-refractivity contribution is 7.10. The third kappa shape index (κ3) is 2.98. The van der Waals surface area contributed by atoms with Crippen LogP contribution >= 0.6 is 11.3 Å². The lowest BCUT2D eigenvalue weighted by Crippen LogP contribution is -2.18. The molecule has 0 unspecified atom stereocenters. The van der Waals surface area contributed by atoms with Crippen LogP contribution in [0.4, 0.5) is 5.82 Å². The molecule has 0 saturated heterocycles. The monoisotopic (exact) mass is 278 g/mol. The molecule has 0 aliphatic carbocycles. The van der Waals surface area contributed by atoms with Crippen molar-refractivity contribution in [3.05, 3.63) is 33.1 Å². The van der Waals surface area contributed by atoms with Crippen LogP contribution in [0.15, 0.2) is 11.4 Å². The minimum absolute atomic E-state index is 0.852. The first-order valence-corrected chi connectivity index (χ1v) is 7.32. The van der Waals surface area contributed by atoms with Crippen molar-refractivity contribution in [1.82, 2.24) is 15.1 Å². The maximum Gasteiger partial charge on any atom is 0.130 e. The lowest BCUT2D eigenvalue weighted by molar-refractivity contribution is 0.693. The van der Waals surface area contributed by atoms with Crippen LogP contribution in [0.3, 0.4) is 0 Å². The van der Waals surface area contributed by atoms with Crippen LogP contribution in [0, 0.1) is 13.8 Å². The van der Waals surface area contributed by atoms with Gasteiger partial charge in [-0.15, -0.1) is 11.3 Å². The second-order valence-electron chi connectivity index (χ2n) is 5.04. The third-order valence-electron chi connectivity index (χ3n) is 3.29. The molecular formula is C14H22N4S. The quantitative estimate of drug-likeness (QED) is 0.912. The summed E-state index contributed by atoms with van der Waals surface area (Å²) < 4.78 is 1.95. The first-order valence-electron chi connectivity index (χ1n) is 6.44. The zero-order chi connectivity index (χ0) is 14.0. The predicted molar refractivity (Wildman–Crippen MR) is 81.9 cm³/mol. The SMILES string of the molecule is Cc1ccsc1CNCc1c(C)nn(C)c1N(C)C. The van der Waals surface area contributed by atoms with Crippen LogP contribution in [0.2, 0.25) is 0 Å². The predicted octanol–water partition coefficient (Wildman–Crippen LogP) is 2.45. The molecule has 0 amide bonds. The fourth-order valence-corrected chi connectivity index (χ4v) is 3.22. The van der Waals surface area contributed by atoms with E-state index in [0.717, 1.165) is 18.8 Å². The first-order chi connectivity index (χ1) is 9.00. The van der Waals surface area contributed by atoms with Gasteiger partial charge in [-0.05, 0) is 30.9 Å². The average molecular weight is 278 g/mol. The van der Waals surface area contributed by atoms with Crippen molar-refractivity contribution in [2.24, 2.45) is 7.05 Å². The molecule has 4 nitrogen and oxygen atoms in total. The Balaban J connectivity index is 2.05. The summed E-state index contributed by atoms with van der Waals surface area (Å²) in [7, 11) is 6.11. The molecule has 0 aliphatic rings. The number of anilines is 1. The molecule has 0 bridgehead atoms. The van der Waals surface area contributed by atoms with E-state index in [4.69, 9.17) is 0 Å². The highest BCUT2D eigenvalue weighted by Gasteiger charge is 2.14. The zero-order valence-electron chi connectivity index (χ0n) is 12.3. The first kappa shape index (κ1) is 14.1. The van der Waals surface area contributed by atoms with Gasteiger partial charge in [0, 0.05) is 44.7 Å². The Labute approximate surface area is 119 Å². The van der Waals surface area contributed by atoms with E-state index >= 15 is 0 Å². The van der Waals surface area contributed by atoms with Gasteiger partial charge in [-0.1, -0.05) is 0 Å². The van der Waals surface area contributed by atoms with Crippen molar-refractivity contribution in [1.29, 1.82) is 0 Å². The summed E-state index contributed by atoms with van der Waals surface area (Å²) >= 11 is 1.81. The Hall–Kier alpha value is -1.33. The molecule has 0 saturated carbocycles. The minimum atomic E-state index is 0.852. The van der Waals surface area contributed by atoms with Crippen LogP contribution < -0.4 is 10.2 Å². The summed E-state index contributed by atoms with van der Waals surface area (Å²) in [6.45, 7) is 6.00. The van der Waals surface area contributed by atoms with Crippen LogP contribution in [-0.2, 0) is 20.1 Å². The van der Waals surface area contributed by atoms with E-state index in [1.54, 1.807) is 0 Å². The molecular weight excluding hydrogens is 256 g/mol. The molecule has 1 N–H and O–H groups in total. The number of hydrogen-bond acceptors (Lipinski definition) is 4. The molecule has 5 heteroatoms. The molecule has 0 aliphatic heterocycles. The molecule has 0 atom stereocenters. The molecule has 19 heavy (non-hydrogen) atoms. The van der Waals surface area contributed by atoms with Gasteiger partial charge in [0.2, 0.25) is 0 Å². The molecule has 2 aromatic heterocycles. The Morgan fingerprint density at radius 1 is 1.32 bits per heavy atom. The van der Waals surface area contributed by atoms with E-state index in [1.807, 2.05) is 23.1 Å². The topological polar surface area (TPSA) is 33.1 Å². The van der Waals surface area contributed by atoms with Crippen molar-refractivity contribution in [3.63, 3.8) is 0 Å². The lowest BCUT2D eigenvalue weighted by Gasteiger charge is -2.15. The van der Waals surface area contributed by atoms with Crippen molar-refractivity contribution >= 4 is 17.2 Å². The highest BCUT2D eigenvalue weighted by Crippen LogP contribution is 2.21. The van der Waals surface area contributed by atoms with Crippen LogP contribution in [-0.4, -0.2) is 23.9 Å². The Morgan fingerprint density at radius 2 is 2.05 bits per heavy atom. The Kier molecular flexibility index (Phi) is 4.27. The molecule has 2 rings (SSSR count). The second kappa shape index (κ2) is 5.75. The van der Waals surface area contributed by atoms with Crippen molar-refractivity contribution in [2.75, 3.05) is 19.0 Å². The van der Waals surface area contributed by atoms with Gasteiger partial charge in [0.15, 0.2) is 0 Å². The molecule has 104 valence electrons. The molecule has 2 aromatic rings. The number of nitrogens with one attached hydrogen (secondary N) is 1. The van der Waals surface area contributed by atoms with Crippen molar-refractivity contribution in [3.8, 4) is 0 Å². The standard InChI is InChI=1S/C14H22N4S/c1-10-6-7-19-13(10)9-15-8-12-11(2)16-18(5)14(12)17(3)4/h6-7,15H,8-9H2,1-5H3. The maximum atomic E-state index is 4.50. The Bertz CT molecular complexity index is 554. The maximum absolute atomic E-state index is 4.50.